The third-order valence-electron chi connectivity index (χ3n) is 7.09. The van der Waals surface area contributed by atoms with Crippen molar-refractivity contribution in [1.29, 1.82) is 0 Å². The number of aliphatic carboxylic acids is 1. The van der Waals surface area contributed by atoms with Crippen LogP contribution in [0.15, 0.2) is 48.5 Å². The summed E-state index contributed by atoms with van der Waals surface area (Å²) >= 11 is 6.60. The van der Waals surface area contributed by atoms with Crippen LogP contribution in [0.2, 0.25) is 5.02 Å². The molecule has 41 heavy (non-hydrogen) atoms. The van der Waals surface area contributed by atoms with E-state index in [2.05, 4.69) is 5.32 Å². The molecule has 0 fully saturated rings. The van der Waals surface area contributed by atoms with Gasteiger partial charge in [-0.2, -0.15) is 0 Å². The molecule has 0 radical (unpaired) electrons. The van der Waals surface area contributed by atoms with Crippen LogP contribution < -0.4 is 24.3 Å². The molecule has 0 amide bonds. The number of rotatable bonds is 13. The molecule has 1 aliphatic rings. The molecular weight excluding hydrogens is 550 g/mol. The SMILES string of the molecule is Cc1c(COc2cc(OC[C@@H](C)CO)c(CNC(C)(CO)C(=O)O)cc2Cl)cccc1-c1ccc2c(c1)OCCO2. The number of carbonyl (C=O) groups is 1. The third-order valence-corrected chi connectivity index (χ3v) is 7.39. The van der Waals surface area contributed by atoms with Gasteiger partial charge < -0.3 is 34.3 Å². The van der Waals surface area contributed by atoms with E-state index in [1.165, 1.54) is 6.92 Å². The summed E-state index contributed by atoms with van der Waals surface area (Å²) in [5, 5.41) is 31.7. The van der Waals surface area contributed by atoms with Crippen molar-refractivity contribution in [2.75, 3.05) is 33.0 Å². The van der Waals surface area contributed by atoms with Crippen LogP contribution in [0.3, 0.4) is 0 Å². The van der Waals surface area contributed by atoms with Crippen LogP contribution in [0.25, 0.3) is 11.1 Å². The molecule has 3 aromatic rings. The molecule has 4 N–H and O–H groups in total. The highest BCUT2D eigenvalue weighted by Gasteiger charge is 2.32. The summed E-state index contributed by atoms with van der Waals surface area (Å²) in [6, 6.07) is 15.2. The molecule has 4 rings (SSSR count). The normalized spacial score (nSPS) is 14.7. The number of fused-ring (bicyclic) bond motifs is 1. The zero-order chi connectivity index (χ0) is 29.6. The average molecular weight is 586 g/mol. The Morgan fingerprint density at radius 2 is 1.80 bits per heavy atom. The molecule has 0 spiro atoms. The Bertz CT molecular complexity index is 1380. The predicted molar refractivity (Wildman–Crippen MR) is 155 cm³/mol. The smallest absolute Gasteiger partial charge is 0.326 e. The van der Waals surface area contributed by atoms with E-state index >= 15 is 0 Å². The Morgan fingerprint density at radius 3 is 2.51 bits per heavy atom. The second-order valence-corrected chi connectivity index (χ2v) is 10.8. The average Bonchev–Trinajstić information content (AvgIpc) is 2.98. The molecule has 220 valence electrons. The number of aliphatic hydroxyl groups excluding tert-OH is 2. The van der Waals surface area contributed by atoms with Crippen LogP contribution in [-0.4, -0.2) is 59.9 Å². The molecule has 0 saturated carbocycles. The van der Waals surface area contributed by atoms with Crippen LogP contribution in [0.5, 0.6) is 23.0 Å². The number of hydrogen-bond donors (Lipinski definition) is 4. The van der Waals surface area contributed by atoms with E-state index in [9.17, 15) is 20.1 Å². The van der Waals surface area contributed by atoms with Crippen LogP contribution in [0, 0.1) is 12.8 Å². The first kappa shape index (κ1) is 30.5. The first-order chi connectivity index (χ1) is 19.6. The Labute approximate surface area is 244 Å². The highest BCUT2D eigenvalue weighted by Crippen LogP contribution is 2.37. The van der Waals surface area contributed by atoms with Gasteiger partial charge in [0, 0.05) is 30.7 Å². The summed E-state index contributed by atoms with van der Waals surface area (Å²) < 4.78 is 23.5. The maximum Gasteiger partial charge on any atom is 0.326 e. The van der Waals surface area contributed by atoms with E-state index < -0.39 is 18.1 Å². The van der Waals surface area contributed by atoms with Gasteiger partial charge in [0.05, 0.1) is 18.2 Å². The minimum atomic E-state index is -1.54. The number of benzene rings is 3. The van der Waals surface area contributed by atoms with E-state index in [1.54, 1.807) is 12.1 Å². The maximum absolute atomic E-state index is 11.6. The molecule has 9 nitrogen and oxygen atoms in total. The van der Waals surface area contributed by atoms with Gasteiger partial charge in [0.1, 0.15) is 36.9 Å². The van der Waals surface area contributed by atoms with E-state index in [-0.39, 0.29) is 32.3 Å². The van der Waals surface area contributed by atoms with Crippen molar-refractivity contribution < 1.29 is 39.1 Å². The van der Waals surface area contributed by atoms with Crippen molar-refractivity contribution in [3.63, 3.8) is 0 Å². The highest BCUT2D eigenvalue weighted by molar-refractivity contribution is 6.32. The Kier molecular flexibility index (Phi) is 9.99. The van der Waals surface area contributed by atoms with Crippen molar-refractivity contribution in [3.8, 4) is 34.1 Å². The van der Waals surface area contributed by atoms with Crippen LogP contribution in [0.4, 0.5) is 0 Å². The van der Waals surface area contributed by atoms with Gasteiger partial charge in [-0.3, -0.25) is 10.1 Å². The minimum absolute atomic E-state index is 0.0505. The van der Waals surface area contributed by atoms with Gasteiger partial charge >= 0.3 is 5.97 Å². The second-order valence-electron chi connectivity index (χ2n) is 10.4. The standard InChI is InChI=1S/C31H36ClNO8/c1-19(15-34)16-40-27-13-28(25(32)11-23(27)14-33-31(3,18-35)30(36)37)41-17-22-5-4-6-24(20(22)2)21-7-8-26-29(12-21)39-10-9-38-26/h4-8,11-13,19,33-35H,9-10,14-18H2,1-3H3,(H,36,37)/t19-,31?/m0/s1. The van der Waals surface area contributed by atoms with Crippen molar-refractivity contribution >= 4 is 17.6 Å². The fourth-order valence-corrected chi connectivity index (χ4v) is 4.49. The zero-order valence-corrected chi connectivity index (χ0v) is 24.2. The number of hydrogen-bond acceptors (Lipinski definition) is 8. The van der Waals surface area contributed by atoms with Crippen LogP contribution in [-0.2, 0) is 17.9 Å². The predicted octanol–water partition coefficient (Wildman–Crippen LogP) is 4.60. The Hall–Kier alpha value is -3.50. The van der Waals surface area contributed by atoms with Gasteiger partial charge in [0.25, 0.3) is 0 Å². The molecular formula is C31H36ClNO8. The minimum Gasteiger partial charge on any atom is -0.493 e. The third kappa shape index (κ3) is 7.23. The molecule has 3 aromatic carbocycles. The van der Waals surface area contributed by atoms with E-state index in [0.717, 1.165) is 33.8 Å². The monoisotopic (exact) mass is 585 g/mol. The van der Waals surface area contributed by atoms with Gasteiger partial charge in [0.2, 0.25) is 0 Å². The lowest BCUT2D eigenvalue weighted by atomic mass is 9.96. The fraction of sp³-hybridized carbons (Fsp3) is 0.387. The lowest BCUT2D eigenvalue weighted by Gasteiger charge is -2.25. The number of carboxylic acid groups (broad SMARTS) is 1. The number of aliphatic hydroxyl groups is 2. The summed E-state index contributed by atoms with van der Waals surface area (Å²) in [4.78, 5) is 11.6. The fourth-order valence-electron chi connectivity index (χ4n) is 4.25. The molecule has 0 aromatic heterocycles. The lowest BCUT2D eigenvalue weighted by molar-refractivity contribution is -0.145. The molecule has 0 saturated heterocycles. The quantitative estimate of drug-likeness (QED) is 0.228. The lowest BCUT2D eigenvalue weighted by Crippen LogP contribution is -2.52. The second kappa shape index (κ2) is 13.4. The topological polar surface area (TPSA) is 127 Å². The Morgan fingerprint density at radius 1 is 1.05 bits per heavy atom. The van der Waals surface area contributed by atoms with Gasteiger partial charge in [-0.05, 0) is 54.3 Å². The summed E-state index contributed by atoms with van der Waals surface area (Å²) in [6.45, 7) is 6.23. The molecule has 1 heterocycles. The molecule has 0 bridgehead atoms. The van der Waals surface area contributed by atoms with Gasteiger partial charge in [0.15, 0.2) is 11.5 Å². The maximum atomic E-state index is 11.6. The summed E-state index contributed by atoms with van der Waals surface area (Å²) in [5.41, 5.74) is 3.11. The van der Waals surface area contributed by atoms with Crippen molar-refractivity contribution in [2.24, 2.45) is 5.92 Å². The van der Waals surface area contributed by atoms with Crippen molar-refractivity contribution in [3.05, 3.63) is 70.2 Å². The van der Waals surface area contributed by atoms with Gasteiger partial charge in [-0.1, -0.05) is 42.8 Å². The van der Waals surface area contributed by atoms with E-state index in [1.807, 2.05) is 50.2 Å². The number of nitrogens with one attached hydrogen (secondary N) is 1. The van der Waals surface area contributed by atoms with Crippen molar-refractivity contribution in [2.45, 2.75) is 39.5 Å². The zero-order valence-electron chi connectivity index (χ0n) is 23.4. The molecule has 2 atom stereocenters. The highest BCUT2D eigenvalue weighted by atomic mass is 35.5. The molecule has 0 aliphatic carbocycles. The molecule has 10 heteroatoms. The van der Waals surface area contributed by atoms with Gasteiger partial charge in [-0.15, -0.1) is 0 Å². The largest absolute Gasteiger partial charge is 0.493 e. The number of ether oxygens (including phenoxy) is 4. The summed E-state index contributed by atoms with van der Waals surface area (Å²) in [7, 11) is 0. The molecule has 1 aliphatic heterocycles. The molecule has 1 unspecified atom stereocenters. The van der Waals surface area contributed by atoms with Crippen LogP contribution in [0.1, 0.15) is 30.5 Å². The number of carboxylic acids is 1. The van der Waals surface area contributed by atoms with Crippen LogP contribution >= 0.6 is 11.6 Å². The van der Waals surface area contributed by atoms with E-state index in [4.69, 9.17) is 30.5 Å². The van der Waals surface area contributed by atoms with E-state index in [0.29, 0.717) is 35.3 Å². The number of halogens is 1. The Balaban J connectivity index is 1.56. The summed E-state index contributed by atoms with van der Waals surface area (Å²) in [6.07, 6.45) is 0. The van der Waals surface area contributed by atoms with Crippen molar-refractivity contribution in [1.82, 2.24) is 5.32 Å². The first-order valence-corrected chi connectivity index (χ1v) is 13.8. The first-order valence-electron chi connectivity index (χ1n) is 13.4. The van der Waals surface area contributed by atoms with Gasteiger partial charge in [-0.25, -0.2) is 0 Å². The summed E-state index contributed by atoms with van der Waals surface area (Å²) in [5.74, 6) is 0.987.